The van der Waals surface area contributed by atoms with E-state index in [1.165, 1.54) is 10.1 Å². The first-order valence-corrected chi connectivity index (χ1v) is 8.04. The highest BCUT2D eigenvalue weighted by atomic mass is 16.1. The predicted molar refractivity (Wildman–Crippen MR) is 89.3 cm³/mol. The summed E-state index contributed by atoms with van der Waals surface area (Å²) in [4.78, 5) is 18.1. The van der Waals surface area contributed by atoms with Crippen LogP contribution in [0.1, 0.15) is 5.56 Å². The number of piperidine rings is 1. The molecule has 2 atom stereocenters. The molecule has 1 saturated heterocycles. The molecule has 0 bridgehead atoms. The van der Waals surface area contributed by atoms with E-state index in [4.69, 9.17) is 11.5 Å². The molecular formula is C17H21N5O. The number of fused-ring (bicyclic) bond motifs is 1. The van der Waals surface area contributed by atoms with Crippen molar-refractivity contribution in [1.29, 1.82) is 0 Å². The highest BCUT2D eigenvalue weighted by Crippen LogP contribution is 2.43. The Balaban J connectivity index is 1.39. The minimum atomic E-state index is -0.356. The van der Waals surface area contributed by atoms with Crippen LogP contribution in [-0.4, -0.2) is 40.1 Å². The number of nitrogens with two attached hydrogens (primary N) is 2. The van der Waals surface area contributed by atoms with Crippen LogP contribution in [0.4, 0.5) is 5.82 Å². The van der Waals surface area contributed by atoms with E-state index >= 15 is 0 Å². The zero-order valence-corrected chi connectivity index (χ0v) is 12.9. The minimum absolute atomic E-state index is 0.242. The zero-order chi connectivity index (χ0) is 16.0. The van der Waals surface area contributed by atoms with Crippen LogP contribution < -0.4 is 17.2 Å². The second kappa shape index (κ2) is 5.47. The van der Waals surface area contributed by atoms with Gasteiger partial charge in [0.1, 0.15) is 5.82 Å². The average molecular weight is 311 g/mol. The van der Waals surface area contributed by atoms with Crippen LogP contribution in [0, 0.1) is 11.8 Å². The van der Waals surface area contributed by atoms with Crippen LogP contribution in [0.3, 0.4) is 0 Å². The molecule has 2 aromatic rings. The molecule has 23 heavy (non-hydrogen) atoms. The highest BCUT2D eigenvalue weighted by Gasteiger charge is 2.53. The Bertz CT molecular complexity index is 757. The summed E-state index contributed by atoms with van der Waals surface area (Å²) in [6, 6.07) is 10.1. The summed E-state index contributed by atoms with van der Waals surface area (Å²) in [5.74, 6) is 1.72. The molecule has 2 heterocycles. The number of anilines is 1. The lowest BCUT2D eigenvalue weighted by atomic mass is 10.1. The number of likely N-dealkylation sites (tertiary alicyclic amines) is 1. The molecule has 120 valence electrons. The maximum absolute atomic E-state index is 11.8. The number of nitrogens with zero attached hydrogens (tertiary/aromatic N) is 3. The van der Waals surface area contributed by atoms with Crippen molar-refractivity contribution < 1.29 is 0 Å². The lowest BCUT2D eigenvalue weighted by Crippen LogP contribution is -2.30. The molecule has 2 aliphatic rings. The largest absolute Gasteiger partial charge is 0.383 e. The first-order chi connectivity index (χ1) is 11.1. The Morgan fingerprint density at radius 3 is 2.48 bits per heavy atom. The average Bonchev–Trinajstić information content (AvgIpc) is 2.97. The van der Waals surface area contributed by atoms with Crippen molar-refractivity contribution in [3.8, 4) is 5.69 Å². The molecule has 6 heteroatoms. The molecule has 2 unspecified atom stereocenters. The topological polar surface area (TPSA) is 90.2 Å². The summed E-state index contributed by atoms with van der Waals surface area (Å²) in [5, 5.41) is 0. The fourth-order valence-electron chi connectivity index (χ4n) is 3.57. The predicted octanol–water partition coefficient (Wildman–Crippen LogP) is 0.246. The summed E-state index contributed by atoms with van der Waals surface area (Å²) in [7, 11) is 0. The lowest BCUT2D eigenvalue weighted by Gasteiger charge is -2.18. The summed E-state index contributed by atoms with van der Waals surface area (Å²) >= 11 is 0. The normalized spacial score (nSPS) is 26.2. The fourth-order valence-corrected chi connectivity index (χ4v) is 3.57. The minimum Gasteiger partial charge on any atom is -0.383 e. The summed E-state index contributed by atoms with van der Waals surface area (Å²) in [5.41, 5.74) is 13.2. The molecule has 2 fully saturated rings. The van der Waals surface area contributed by atoms with Gasteiger partial charge in [-0.3, -0.25) is 4.57 Å². The van der Waals surface area contributed by atoms with Gasteiger partial charge in [0.2, 0.25) is 0 Å². The van der Waals surface area contributed by atoms with Crippen LogP contribution in [0.25, 0.3) is 5.69 Å². The molecule has 0 amide bonds. The van der Waals surface area contributed by atoms with Crippen molar-refractivity contribution in [2.75, 3.05) is 25.4 Å². The smallest absolute Gasteiger partial charge is 0.354 e. The van der Waals surface area contributed by atoms with Gasteiger partial charge < -0.3 is 16.4 Å². The van der Waals surface area contributed by atoms with E-state index in [9.17, 15) is 4.79 Å². The van der Waals surface area contributed by atoms with Crippen LogP contribution in [0.15, 0.2) is 41.3 Å². The third kappa shape index (κ3) is 2.75. The Morgan fingerprint density at radius 2 is 1.83 bits per heavy atom. The van der Waals surface area contributed by atoms with Gasteiger partial charge in [-0.05, 0) is 42.0 Å². The van der Waals surface area contributed by atoms with Gasteiger partial charge in [0.25, 0.3) is 0 Å². The monoisotopic (exact) mass is 311 g/mol. The standard InChI is InChI=1S/C17H21N5O/c18-15-6-8-22(17(23)20-15)12-3-1-11(2-4-12)5-7-21-9-13-14(10-21)16(13)19/h1-4,6,8,13-14,16H,5,7,9-10,19H2,(H2,18,20,23). The molecule has 1 saturated carbocycles. The summed E-state index contributed by atoms with van der Waals surface area (Å²) in [6.07, 6.45) is 2.67. The van der Waals surface area contributed by atoms with E-state index in [-0.39, 0.29) is 11.5 Å². The second-order valence-corrected chi connectivity index (χ2v) is 6.59. The number of hydrogen-bond acceptors (Lipinski definition) is 5. The van der Waals surface area contributed by atoms with Gasteiger partial charge in [0, 0.05) is 31.9 Å². The number of aromatic nitrogens is 2. The van der Waals surface area contributed by atoms with E-state index < -0.39 is 0 Å². The van der Waals surface area contributed by atoms with Crippen molar-refractivity contribution in [1.82, 2.24) is 14.5 Å². The van der Waals surface area contributed by atoms with Gasteiger partial charge in [-0.15, -0.1) is 0 Å². The van der Waals surface area contributed by atoms with E-state index in [1.807, 2.05) is 12.1 Å². The summed E-state index contributed by atoms with van der Waals surface area (Å²) < 4.78 is 1.50. The van der Waals surface area contributed by atoms with Gasteiger partial charge in [0.05, 0.1) is 5.69 Å². The van der Waals surface area contributed by atoms with Crippen molar-refractivity contribution in [3.05, 3.63) is 52.6 Å². The molecule has 4 N–H and O–H groups in total. The SMILES string of the molecule is Nc1ccn(-c2ccc(CCN3CC4C(N)C4C3)cc2)c(=O)n1. The highest BCUT2D eigenvalue weighted by molar-refractivity contribution is 5.36. The lowest BCUT2D eigenvalue weighted by molar-refractivity contribution is 0.302. The van der Waals surface area contributed by atoms with Crippen LogP contribution in [0.2, 0.25) is 0 Å². The molecule has 0 radical (unpaired) electrons. The Kier molecular flexibility index (Phi) is 3.43. The number of benzene rings is 1. The third-order valence-corrected chi connectivity index (χ3v) is 5.09. The van der Waals surface area contributed by atoms with E-state index in [0.717, 1.165) is 43.6 Å². The molecule has 6 nitrogen and oxygen atoms in total. The molecular weight excluding hydrogens is 290 g/mol. The Hall–Kier alpha value is -2.18. The van der Waals surface area contributed by atoms with E-state index in [2.05, 4.69) is 22.0 Å². The molecule has 1 aromatic heterocycles. The van der Waals surface area contributed by atoms with Crippen LogP contribution >= 0.6 is 0 Å². The molecule has 4 rings (SSSR count). The third-order valence-electron chi connectivity index (χ3n) is 5.09. The molecule has 1 aliphatic heterocycles. The van der Waals surface area contributed by atoms with Crippen molar-refractivity contribution in [3.63, 3.8) is 0 Å². The second-order valence-electron chi connectivity index (χ2n) is 6.59. The molecule has 1 aromatic carbocycles. The van der Waals surface area contributed by atoms with E-state index in [0.29, 0.717) is 6.04 Å². The zero-order valence-electron chi connectivity index (χ0n) is 12.9. The maximum atomic E-state index is 11.8. The molecule has 0 spiro atoms. The van der Waals surface area contributed by atoms with Crippen molar-refractivity contribution in [2.45, 2.75) is 12.5 Å². The first-order valence-electron chi connectivity index (χ1n) is 8.04. The molecule has 1 aliphatic carbocycles. The van der Waals surface area contributed by atoms with Gasteiger partial charge in [-0.25, -0.2) is 4.79 Å². The van der Waals surface area contributed by atoms with E-state index in [1.54, 1.807) is 12.3 Å². The van der Waals surface area contributed by atoms with Gasteiger partial charge in [-0.2, -0.15) is 4.98 Å². The Morgan fingerprint density at radius 1 is 1.13 bits per heavy atom. The van der Waals surface area contributed by atoms with Crippen molar-refractivity contribution >= 4 is 5.82 Å². The number of hydrogen-bond donors (Lipinski definition) is 2. The maximum Gasteiger partial charge on any atom is 0.354 e. The van der Waals surface area contributed by atoms with Gasteiger partial charge in [-0.1, -0.05) is 12.1 Å². The fraction of sp³-hybridized carbons (Fsp3) is 0.412. The number of nitrogen functional groups attached to an aromatic ring is 1. The van der Waals surface area contributed by atoms with Crippen LogP contribution in [-0.2, 0) is 6.42 Å². The summed E-state index contributed by atoms with van der Waals surface area (Å²) in [6.45, 7) is 3.37. The number of rotatable bonds is 4. The Labute approximate surface area is 134 Å². The van der Waals surface area contributed by atoms with Crippen LogP contribution in [0.5, 0.6) is 0 Å². The van der Waals surface area contributed by atoms with Crippen molar-refractivity contribution in [2.24, 2.45) is 17.6 Å². The first kappa shape index (κ1) is 14.4. The quantitative estimate of drug-likeness (QED) is 0.844. The van der Waals surface area contributed by atoms with Gasteiger partial charge in [0.15, 0.2) is 0 Å². The van der Waals surface area contributed by atoms with Gasteiger partial charge >= 0.3 is 5.69 Å².